The minimum absolute atomic E-state index is 0.0549. The zero-order valence-corrected chi connectivity index (χ0v) is 23.2. The molecule has 0 aliphatic carbocycles. The molecule has 1 atom stereocenters. The van der Waals surface area contributed by atoms with E-state index in [9.17, 15) is 9.59 Å². The number of hydrogen-bond acceptors (Lipinski definition) is 6. The number of benzene rings is 2. The Kier molecular flexibility index (Phi) is 8.16. The van der Waals surface area contributed by atoms with Crippen molar-refractivity contribution in [3.05, 3.63) is 70.3 Å². The first-order valence-electron chi connectivity index (χ1n) is 12.8. The Morgan fingerprint density at radius 1 is 1.26 bits per heavy atom. The van der Waals surface area contributed by atoms with Crippen LogP contribution in [0.4, 0.5) is 0 Å². The fraction of sp³-hybridized carbons (Fsp3) is 0.345. The van der Waals surface area contributed by atoms with E-state index in [0.29, 0.717) is 22.3 Å². The van der Waals surface area contributed by atoms with Gasteiger partial charge in [0, 0.05) is 30.3 Å². The molecule has 38 heavy (non-hydrogen) atoms. The third-order valence-electron chi connectivity index (χ3n) is 6.92. The number of carbonyl (C=O) groups excluding carboxylic acids is 2. The number of methoxy groups -OCH3 is 1. The maximum atomic E-state index is 13.3. The van der Waals surface area contributed by atoms with Gasteiger partial charge in [-0.3, -0.25) is 14.5 Å². The van der Waals surface area contributed by atoms with E-state index in [1.165, 1.54) is 11.8 Å². The molecule has 2 amide bonds. The highest BCUT2D eigenvalue weighted by molar-refractivity contribution is 8.26. The van der Waals surface area contributed by atoms with Crippen LogP contribution in [0.1, 0.15) is 36.5 Å². The van der Waals surface area contributed by atoms with Gasteiger partial charge in [-0.05, 0) is 48.6 Å². The average Bonchev–Trinajstić information content (AvgIpc) is 3.64. The number of thioether (sulfide) groups is 1. The summed E-state index contributed by atoms with van der Waals surface area (Å²) in [7, 11) is 1.63. The lowest BCUT2D eigenvalue weighted by Crippen LogP contribution is -2.34. The highest BCUT2D eigenvalue weighted by Gasteiger charge is 2.32. The van der Waals surface area contributed by atoms with Gasteiger partial charge in [-0.1, -0.05) is 61.2 Å². The highest BCUT2D eigenvalue weighted by atomic mass is 32.2. The average molecular weight is 550 g/mol. The summed E-state index contributed by atoms with van der Waals surface area (Å²) < 4.78 is 13.4. The van der Waals surface area contributed by atoms with Gasteiger partial charge in [0.2, 0.25) is 5.91 Å². The molecular weight excluding hydrogens is 518 g/mol. The lowest BCUT2D eigenvalue weighted by atomic mass is 10.1. The first kappa shape index (κ1) is 26.5. The number of amides is 2. The van der Waals surface area contributed by atoms with Gasteiger partial charge in [0.1, 0.15) is 16.6 Å². The molecule has 5 rings (SSSR count). The fourth-order valence-electron chi connectivity index (χ4n) is 4.93. The third-order valence-corrected chi connectivity index (χ3v) is 8.30. The molecule has 7 nitrogen and oxygen atoms in total. The third kappa shape index (κ3) is 5.65. The van der Waals surface area contributed by atoms with Crippen molar-refractivity contribution in [3.63, 3.8) is 0 Å². The second-order valence-corrected chi connectivity index (χ2v) is 11.1. The maximum Gasteiger partial charge on any atom is 0.266 e. The zero-order chi connectivity index (χ0) is 26.6. The van der Waals surface area contributed by atoms with E-state index >= 15 is 0 Å². The molecule has 9 heteroatoms. The number of nitrogens with one attached hydrogen (secondary N) is 1. The van der Waals surface area contributed by atoms with E-state index < -0.39 is 0 Å². The van der Waals surface area contributed by atoms with Crippen LogP contribution >= 0.6 is 24.0 Å². The summed E-state index contributed by atoms with van der Waals surface area (Å²) >= 11 is 6.87. The minimum atomic E-state index is -0.113. The summed E-state index contributed by atoms with van der Waals surface area (Å²) in [5, 5.41) is 4.03. The maximum absolute atomic E-state index is 13.3. The smallest absolute Gasteiger partial charge is 0.266 e. The molecular formula is C29H31N3O4S2. The predicted molar refractivity (Wildman–Crippen MR) is 155 cm³/mol. The van der Waals surface area contributed by atoms with Crippen LogP contribution in [0.2, 0.25) is 0 Å². The number of aromatic nitrogens is 1. The summed E-state index contributed by atoms with van der Waals surface area (Å²) in [5.41, 5.74) is 4.04. The summed E-state index contributed by atoms with van der Waals surface area (Å²) in [5.74, 6) is 0.598. The second-order valence-electron chi connectivity index (χ2n) is 9.43. The monoisotopic (exact) mass is 549 g/mol. The molecule has 0 unspecified atom stereocenters. The number of nitrogens with zero attached hydrogens (tertiary/aromatic N) is 2. The van der Waals surface area contributed by atoms with Gasteiger partial charge in [0.15, 0.2) is 0 Å². The number of para-hydroxylation sites is 1. The minimum Gasteiger partial charge on any atom is -0.497 e. The number of rotatable bonds is 9. The second kappa shape index (κ2) is 11.7. The van der Waals surface area contributed by atoms with Gasteiger partial charge in [-0.25, -0.2) is 0 Å². The van der Waals surface area contributed by atoms with E-state index in [2.05, 4.69) is 18.3 Å². The number of ether oxygens (including phenoxy) is 2. The van der Waals surface area contributed by atoms with Crippen molar-refractivity contribution in [1.29, 1.82) is 0 Å². The SMILES string of the molecule is CCc1cccc2c(/C=C3\SC(=S)N(Cc4ccc(OC)cc4)C3=O)cn(CC(=O)NC[C@@H]3CCCO3)c12. The van der Waals surface area contributed by atoms with E-state index in [1.54, 1.807) is 12.0 Å². The van der Waals surface area contributed by atoms with Crippen molar-refractivity contribution in [3.8, 4) is 5.75 Å². The summed E-state index contributed by atoms with van der Waals surface area (Å²) in [6.45, 7) is 4.00. The topological polar surface area (TPSA) is 72.8 Å². The van der Waals surface area contributed by atoms with Crippen LogP contribution in [0.5, 0.6) is 5.75 Å². The zero-order valence-electron chi connectivity index (χ0n) is 21.6. The Bertz CT molecular complexity index is 1390. The number of hydrogen-bond donors (Lipinski definition) is 1. The van der Waals surface area contributed by atoms with Crippen LogP contribution in [-0.2, 0) is 33.8 Å². The number of fused-ring (bicyclic) bond motifs is 1. The Morgan fingerprint density at radius 2 is 2.08 bits per heavy atom. The standard InChI is InChI=1S/C29H31N3O4S2/c1-3-20-6-4-8-24-21(17-31(27(20)24)18-26(33)30-15-23-7-5-13-36-23)14-25-28(34)32(29(37)38-25)16-19-9-11-22(35-2)12-10-19/h4,6,8-12,14,17,23H,3,5,7,13,15-16,18H2,1-2H3,(H,30,33)/b25-14-/t23-/m0/s1. The Hall–Kier alpha value is -3.14. The molecule has 2 saturated heterocycles. The van der Waals surface area contributed by atoms with Crippen LogP contribution in [0, 0.1) is 0 Å². The van der Waals surface area contributed by atoms with Crippen LogP contribution in [0.3, 0.4) is 0 Å². The van der Waals surface area contributed by atoms with E-state index in [-0.39, 0.29) is 24.5 Å². The van der Waals surface area contributed by atoms with Crippen LogP contribution in [0.25, 0.3) is 17.0 Å². The van der Waals surface area contributed by atoms with Crippen molar-refractivity contribution >= 4 is 57.1 Å². The van der Waals surface area contributed by atoms with Crippen molar-refractivity contribution in [2.24, 2.45) is 0 Å². The number of carbonyl (C=O) groups is 2. The van der Waals surface area contributed by atoms with Crippen LogP contribution < -0.4 is 10.1 Å². The lowest BCUT2D eigenvalue weighted by molar-refractivity contribution is -0.123. The van der Waals surface area contributed by atoms with Gasteiger partial charge in [0.25, 0.3) is 5.91 Å². The highest BCUT2D eigenvalue weighted by Crippen LogP contribution is 2.36. The summed E-state index contributed by atoms with van der Waals surface area (Å²) in [6, 6.07) is 13.8. The van der Waals surface area contributed by atoms with Crippen LogP contribution in [-0.4, -0.2) is 52.0 Å². The molecule has 0 saturated carbocycles. The van der Waals surface area contributed by atoms with Gasteiger partial charge in [-0.15, -0.1) is 0 Å². The van der Waals surface area contributed by atoms with Crippen molar-refractivity contribution in [2.45, 2.75) is 45.4 Å². The van der Waals surface area contributed by atoms with Gasteiger partial charge >= 0.3 is 0 Å². The summed E-state index contributed by atoms with van der Waals surface area (Å²) in [6.07, 6.45) is 6.82. The fourth-order valence-corrected chi connectivity index (χ4v) is 6.17. The Labute approximate surface area is 232 Å². The largest absolute Gasteiger partial charge is 0.497 e. The Balaban J connectivity index is 1.38. The molecule has 3 aromatic rings. The molecule has 0 radical (unpaired) electrons. The molecule has 1 aromatic heterocycles. The van der Waals surface area contributed by atoms with Gasteiger partial charge < -0.3 is 19.4 Å². The normalized spacial score (nSPS) is 18.6. The molecule has 2 fully saturated rings. The first-order chi connectivity index (χ1) is 18.5. The molecule has 2 aliphatic rings. The van der Waals surface area contributed by atoms with Crippen molar-refractivity contribution in [2.75, 3.05) is 20.3 Å². The molecule has 198 valence electrons. The van der Waals surface area contributed by atoms with Gasteiger partial charge in [-0.2, -0.15) is 0 Å². The lowest BCUT2D eigenvalue weighted by Gasteiger charge is -2.14. The van der Waals surface area contributed by atoms with Crippen LogP contribution in [0.15, 0.2) is 53.6 Å². The molecule has 0 bridgehead atoms. The molecule has 0 spiro atoms. The molecule has 2 aromatic carbocycles. The van der Waals surface area contributed by atoms with Crippen molar-refractivity contribution in [1.82, 2.24) is 14.8 Å². The first-order valence-corrected chi connectivity index (χ1v) is 14.1. The van der Waals surface area contributed by atoms with E-state index in [4.69, 9.17) is 21.7 Å². The van der Waals surface area contributed by atoms with E-state index in [0.717, 1.165) is 59.2 Å². The summed E-state index contributed by atoms with van der Waals surface area (Å²) in [4.78, 5) is 28.4. The van der Waals surface area contributed by atoms with E-state index in [1.807, 2.05) is 53.2 Å². The Morgan fingerprint density at radius 3 is 2.79 bits per heavy atom. The molecule has 3 heterocycles. The molecule has 1 N–H and O–H groups in total. The molecule has 2 aliphatic heterocycles. The van der Waals surface area contributed by atoms with Gasteiger partial charge in [0.05, 0.1) is 30.2 Å². The number of aryl methyl sites for hydroxylation is 1. The number of thiocarbonyl (C=S) groups is 1. The van der Waals surface area contributed by atoms with Crippen molar-refractivity contribution < 1.29 is 19.1 Å². The quantitative estimate of drug-likeness (QED) is 0.302. The predicted octanol–water partition coefficient (Wildman–Crippen LogP) is 4.91.